The van der Waals surface area contributed by atoms with Crippen LogP contribution in [0.2, 0.25) is 0 Å². The molecule has 0 aliphatic rings. The lowest BCUT2D eigenvalue weighted by Gasteiger charge is -2.09. The predicted octanol–water partition coefficient (Wildman–Crippen LogP) is 0.711. The van der Waals surface area contributed by atoms with E-state index in [0.717, 1.165) is 5.69 Å². The van der Waals surface area contributed by atoms with E-state index in [9.17, 15) is 0 Å². The molecule has 0 fully saturated rings. The van der Waals surface area contributed by atoms with Crippen LogP contribution in [0.4, 0.5) is 5.69 Å². The molecule has 0 aliphatic heterocycles. The van der Waals surface area contributed by atoms with Gasteiger partial charge in [0.05, 0.1) is 0 Å². The SMILES string of the molecule is CNc1ccccc1C(O)O. The Bertz CT molecular complexity index is 235. The van der Waals surface area contributed by atoms with Gasteiger partial charge in [-0.1, -0.05) is 18.2 Å². The number of aliphatic hydroxyl groups excluding tert-OH is 1. The van der Waals surface area contributed by atoms with Crippen molar-refractivity contribution in [1.29, 1.82) is 0 Å². The molecule has 0 saturated carbocycles. The van der Waals surface area contributed by atoms with E-state index < -0.39 is 6.29 Å². The summed E-state index contributed by atoms with van der Waals surface area (Å²) in [5.41, 5.74) is 1.23. The Morgan fingerprint density at radius 2 is 1.91 bits per heavy atom. The summed E-state index contributed by atoms with van der Waals surface area (Å²) in [7, 11) is 1.74. The molecule has 0 heterocycles. The van der Waals surface area contributed by atoms with Crippen molar-refractivity contribution in [3.8, 4) is 0 Å². The number of nitrogens with one attached hydrogen (secondary N) is 1. The Hall–Kier alpha value is -1.06. The lowest BCUT2D eigenvalue weighted by atomic mass is 10.2. The zero-order valence-electron chi connectivity index (χ0n) is 6.28. The summed E-state index contributed by atoms with van der Waals surface area (Å²) in [5.74, 6) is 0. The molecule has 1 aromatic rings. The summed E-state index contributed by atoms with van der Waals surface area (Å²) in [6.45, 7) is 0. The average Bonchev–Trinajstić information content (AvgIpc) is 2.04. The third-order valence-electron chi connectivity index (χ3n) is 1.51. The summed E-state index contributed by atoms with van der Waals surface area (Å²) in [6, 6.07) is 7.04. The van der Waals surface area contributed by atoms with Gasteiger partial charge in [0, 0.05) is 18.3 Å². The van der Waals surface area contributed by atoms with Crippen LogP contribution in [-0.4, -0.2) is 17.3 Å². The third-order valence-corrected chi connectivity index (χ3v) is 1.51. The standard InChI is InChI=1S/C8H11NO2/c1-9-7-5-3-2-4-6(7)8(10)11/h2-5,8-11H,1H3. The molecule has 3 nitrogen and oxygen atoms in total. The molecule has 60 valence electrons. The molecule has 0 radical (unpaired) electrons. The van der Waals surface area contributed by atoms with Crippen molar-refractivity contribution in [3.05, 3.63) is 29.8 Å². The smallest absolute Gasteiger partial charge is 0.180 e. The number of rotatable bonds is 2. The van der Waals surface area contributed by atoms with E-state index in [1.807, 2.05) is 6.07 Å². The molecule has 3 heteroatoms. The second-order valence-electron chi connectivity index (χ2n) is 2.21. The van der Waals surface area contributed by atoms with Gasteiger partial charge in [-0.25, -0.2) is 0 Å². The fourth-order valence-electron chi connectivity index (χ4n) is 0.950. The van der Waals surface area contributed by atoms with Crippen LogP contribution in [0.1, 0.15) is 11.9 Å². The molecule has 0 spiro atoms. The van der Waals surface area contributed by atoms with Gasteiger partial charge in [0.15, 0.2) is 6.29 Å². The number of para-hydroxylation sites is 1. The van der Waals surface area contributed by atoms with Gasteiger partial charge in [-0.2, -0.15) is 0 Å². The Morgan fingerprint density at radius 1 is 1.27 bits per heavy atom. The fraction of sp³-hybridized carbons (Fsp3) is 0.250. The first-order valence-electron chi connectivity index (χ1n) is 3.38. The van der Waals surface area contributed by atoms with Gasteiger partial charge in [-0.05, 0) is 6.07 Å². The minimum absolute atomic E-state index is 0.495. The van der Waals surface area contributed by atoms with Gasteiger partial charge in [0.2, 0.25) is 0 Å². The van der Waals surface area contributed by atoms with Crippen molar-refractivity contribution in [2.45, 2.75) is 6.29 Å². The summed E-state index contributed by atoms with van der Waals surface area (Å²) >= 11 is 0. The zero-order chi connectivity index (χ0) is 8.27. The van der Waals surface area contributed by atoms with E-state index in [2.05, 4.69) is 5.32 Å². The molecule has 1 rings (SSSR count). The van der Waals surface area contributed by atoms with E-state index in [4.69, 9.17) is 10.2 Å². The third kappa shape index (κ3) is 1.69. The van der Waals surface area contributed by atoms with Crippen molar-refractivity contribution in [1.82, 2.24) is 0 Å². The van der Waals surface area contributed by atoms with E-state index >= 15 is 0 Å². The summed E-state index contributed by atoms with van der Waals surface area (Å²) in [5, 5.41) is 20.6. The van der Waals surface area contributed by atoms with E-state index in [1.54, 1.807) is 25.2 Å². The largest absolute Gasteiger partial charge is 0.388 e. The van der Waals surface area contributed by atoms with Crippen molar-refractivity contribution in [2.75, 3.05) is 12.4 Å². The summed E-state index contributed by atoms with van der Waals surface area (Å²) < 4.78 is 0. The second-order valence-corrected chi connectivity index (χ2v) is 2.21. The lowest BCUT2D eigenvalue weighted by Crippen LogP contribution is -2.00. The molecule has 1 aromatic carbocycles. The van der Waals surface area contributed by atoms with E-state index in [-0.39, 0.29) is 0 Å². The Morgan fingerprint density at radius 3 is 2.36 bits per heavy atom. The Balaban J connectivity index is 3.02. The van der Waals surface area contributed by atoms with Gasteiger partial charge in [0.1, 0.15) is 0 Å². The summed E-state index contributed by atoms with van der Waals surface area (Å²) in [6.07, 6.45) is -1.40. The van der Waals surface area contributed by atoms with Crippen LogP contribution in [0.15, 0.2) is 24.3 Å². The molecule has 0 aromatic heterocycles. The molecule has 0 aliphatic carbocycles. The molecule has 3 N–H and O–H groups in total. The van der Waals surface area contributed by atoms with Crippen molar-refractivity contribution < 1.29 is 10.2 Å². The molecule has 0 amide bonds. The fourth-order valence-corrected chi connectivity index (χ4v) is 0.950. The highest BCUT2D eigenvalue weighted by Crippen LogP contribution is 2.19. The highest BCUT2D eigenvalue weighted by molar-refractivity contribution is 5.50. The highest BCUT2D eigenvalue weighted by atomic mass is 16.5. The van der Waals surface area contributed by atoms with Crippen LogP contribution >= 0.6 is 0 Å². The van der Waals surface area contributed by atoms with Crippen LogP contribution in [0.5, 0.6) is 0 Å². The van der Waals surface area contributed by atoms with Crippen LogP contribution in [0, 0.1) is 0 Å². The van der Waals surface area contributed by atoms with Crippen LogP contribution in [-0.2, 0) is 0 Å². The maximum atomic E-state index is 8.85. The number of aliphatic hydroxyl groups is 2. The quantitative estimate of drug-likeness (QED) is 0.548. The normalized spacial score (nSPS) is 10.2. The minimum atomic E-state index is -1.40. The van der Waals surface area contributed by atoms with Gasteiger partial charge in [-0.15, -0.1) is 0 Å². The summed E-state index contributed by atoms with van der Waals surface area (Å²) in [4.78, 5) is 0. The number of benzene rings is 1. The number of hydrogen-bond acceptors (Lipinski definition) is 3. The van der Waals surface area contributed by atoms with Gasteiger partial charge < -0.3 is 15.5 Å². The van der Waals surface area contributed by atoms with Gasteiger partial charge in [0.25, 0.3) is 0 Å². The molecule has 0 atom stereocenters. The molecular weight excluding hydrogens is 142 g/mol. The number of anilines is 1. The lowest BCUT2D eigenvalue weighted by molar-refractivity contribution is -0.0419. The Labute approximate surface area is 65.3 Å². The first-order chi connectivity index (χ1) is 5.25. The van der Waals surface area contributed by atoms with Crippen LogP contribution in [0.3, 0.4) is 0 Å². The average molecular weight is 153 g/mol. The maximum Gasteiger partial charge on any atom is 0.180 e. The van der Waals surface area contributed by atoms with Gasteiger partial charge >= 0.3 is 0 Å². The molecular formula is C8H11NO2. The van der Waals surface area contributed by atoms with Crippen molar-refractivity contribution in [2.24, 2.45) is 0 Å². The molecule has 0 saturated heterocycles. The van der Waals surface area contributed by atoms with Crippen LogP contribution < -0.4 is 5.32 Å². The van der Waals surface area contributed by atoms with Crippen LogP contribution in [0.25, 0.3) is 0 Å². The molecule has 0 unspecified atom stereocenters. The Kier molecular flexibility index (Phi) is 2.46. The first-order valence-corrected chi connectivity index (χ1v) is 3.38. The van der Waals surface area contributed by atoms with Gasteiger partial charge in [-0.3, -0.25) is 0 Å². The zero-order valence-corrected chi connectivity index (χ0v) is 6.28. The predicted molar refractivity (Wildman–Crippen MR) is 43.2 cm³/mol. The topological polar surface area (TPSA) is 52.5 Å². The second kappa shape index (κ2) is 3.37. The van der Waals surface area contributed by atoms with Crippen molar-refractivity contribution in [3.63, 3.8) is 0 Å². The van der Waals surface area contributed by atoms with E-state index in [1.165, 1.54) is 0 Å². The minimum Gasteiger partial charge on any atom is -0.388 e. The monoisotopic (exact) mass is 153 g/mol. The van der Waals surface area contributed by atoms with Crippen molar-refractivity contribution >= 4 is 5.69 Å². The number of hydrogen-bond donors (Lipinski definition) is 3. The highest BCUT2D eigenvalue weighted by Gasteiger charge is 2.05. The molecule has 11 heavy (non-hydrogen) atoms. The maximum absolute atomic E-state index is 8.85. The molecule has 0 bridgehead atoms. The van der Waals surface area contributed by atoms with E-state index in [0.29, 0.717) is 5.56 Å². The first kappa shape index (κ1) is 8.04.